The first-order chi connectivity index (χ1) is 9.56. The van der Waals surface area contributed by atoms with E-state index >= 15 is 0 Å². The maximum absolute atomic E-state index is 11.9. The summed E-state index contributed by atoms with van der Waals surface area (Å²) in [7, 11) is 0. The number of ether oxygens (including phenoxy) is 1. The van der Waals surface area contributed by atoms with Gasteiger partial charge in [-0.3, -0.25) is 4.79 Å². The standard InChI is InChI=1S/C16H32N2O2/c1-4-6-7-8-9-13(3)20-12-16(15(17)19,18-5-2)14-10-11-14/h13-14,18H,4-12H2,1-3H3,(H2,17,19). The van der Waals surface area contributed by atoms with Gasteiger partial charge in [0, 0.05) is 0 Å². The summed E-state index contributed by atoms with van der Waals surface area (Å²) in [6.45, 7) is 7.47. The highest BCUT2D eigenvalue weighted by Crippen LogP contribution is 2.40. The summed E-state index contributed by atoms with van der Waals surface area (Å²) in [5, 5.41) is 3.29. The normalized spacial score (nSPS) is 19.6. The number of hydrogen-bond acceptors (Lipinski definition) is 3. The molecule has 0 aromatic rings. The van der Waals surface area contributed by atoms with Gasteiger partial charge in [0.25, 0.3) is 0 Å². The predicted molar refractivity (Wildman–Crippen MR) is 82.5 cm³/mol. The lowest BCUT2D eigenvalue weighted by Gasteiger charge is -2.32. The summed E-state index contributed by atoms with van der Waals surface area (Å²) in [6, 6.07) is 0. The minimum Gasteiger partial charge on any atom is -0.376 e. The Balaban J connectivity index is 2.39. The first-order valence-corrected chi connectivity index (χ1v) is 8.23. The van der Waals surface area contributed by atoms with Gasteiger partial charge in [-0.15, -0.1) is 0 Å². The highest BCUT2D eigenvalue weighted by Gasteiger charge is 2.49. The van der Waals surface area contributed by atoms with Crippen LogP contribution in [0.4, 0.5) is 0 Å². The molecule has 1 fully saturated rings. The largest absolute Gasteiger partial charge is 0.376 e. The molecule has 20 heavy (non-hydrogen) atoms. The number of rotatable bonds is 12. The minimum atomic E-state index is -0.646. The molecular formula is C16H32N2O2. The van der Waals surface area contributed by atoms with Gasteiger partial charge in [0.2, 0.25) is 5.91 Å². The minimum absolute atomic E-state index is 0.197. The highest BCUT2D eigenvalue weighted by molar-refractivity contribution is 5.85. The van der Waals surface area contributed by atoms with E-state index in [2.05, 4.69) is 19.2 Å². The lowest BCUT2D eigenvalue weighted by Crippen LogP contribution is -2.60. The number of amides is 1. The molecule has 4 heteroatoms. The van der Waals surface area contributed by atoms with Gasteiger partial charge in [-0.2, -0.15) is 0 Å². The molecule has 0 bridgehead atoms. The highest BCUT2D eigenvalue weighted by atomic mass is 16.5. The Bertz CT molecular complexity index is 292. The van der Waals surface area contributed by atoms with E-state index < -0.39 is 5.54 Å². The number of primary amides is 1. The van der Waals surface area contributed by atoms with E-state index in [-0.39, 0.29) is 12.0 Å². The molecule has 0 saturated heterocycles. The van der Waals surface area contributed by atoms with Crippen LogP contribution in [0.3, 0.4) is 0 Å². The second-order valence-corrected chi connectivity index (χ2v) is 6.11. The molecule has 0 aromatic carbocycles. The van der Waals surface area contributed by atoms with Gasteiger partial charge in [-0.1, -0.05) is 39.5 Å². The van der Waals surface area contributed by atoms with Crippen molar-refractivity contribution in [3.05, 3.63) is 0 Å². The second kappa shape index (κ2) is 8.63. The zero-order valence-electron chi connectivity index (χ0n) is 13.4. The topological polar surface area (TPSA) is 64.3 Å². The zero-order chi connectivity index (χ0) is 15.0. The molecule has 0 spiro atoms. The van der Waals surface area contributed by atoms with Crippen LogP contribution in [0, 0.1) is 5.92 Å². The van der Waals surface area contributed by atoms with Crippen molar-refractivity contribution in [2.45, 2.75) is 77.4 Å². The van der Waals surface area contributed by atoms with Crippen molar-refractivity contribution in [1.82, 2.24) is 5.32 Å². The number of likely N-dealkylation sites (N-methyl/N-ethyl adjacent to an activating group) is 1. The van der Waals surface area contributed by atoms with Crippen LogP contribution < -0.4 is 11.1 Å². The Morgan fingerprint density at radius 1 is 1.35 bits per heavy atom. The maximum Gasteiger partial charge on any atom is 0.240 e. The molecule has 1 rings (SSSR count). The second-order valence-electron chi connectivity index (χ2n) is 6.11. The quantitative estimate of drug-likeness (QED) is 0.541. The van der Waals surface area contributed by atoms with E-state index in [0.29, 0.717) is 12.5 Å². The number of nitrogens with two attached hydrogens (primary N) is 1. The van der Waals surface area contributed by atoms with Gasteiger partial charge in [0.1, 0.15) is 5.54 Å². The van der Waals surface area contributed by atoms with Gasteiger partial charge in [0.15, 0.2) is 0 Å². The molecule has 0 heterocycles. The molecule has 1 aliphatic carbocycles. The third-order valence-corrected chi connectivity index (χ3v) is 4.27. The molecule has 0 aromatic heterocycles. The molecular weight excluding hydrogens is 252 g/mol. The fourth-order valence-electron chi connectivity index (χ4n) is 2.78. The van der Waals surface area contributed by atoms with E-state index in [1.807, 2.05) is 6.92 Å². The number of unbranched alkanes of at least 4 members (excludes halogenated alkanes) is 3. The molecule has 118 valence electrons. The summed E-state index contributed by atoms with van der Waals surface area (Å²) < 4.78 is 5.94. The van der Waals surface area contributed by atoms with E-state index in [1.165, 1.54) is 25.7 Å². The van der Waals surface area contributed by atoms with Crippen molar-refractivity contribution < 1.29 is 9.53 Å². The van der Waals surface area contributed by atoms with Crippen LogP contribution in [0.5, 0.6) is 0 Å². The number of carbonyl (C=O) groups is 1. The van der Waals surface area contributed by atoms with Crippen molar-refractivity contribution >= 4 is 5.91 Å². The van der Waals surface area contributed by atoms with E-state index in [4.69, 9.17) is 10.5 Å². The smallest absolute Gasteiger partial charge is 0.240 e. The Morgan fingerprint density at radius 2 is 2.05 bits per heavy atom. The lowest BCUT2D eigenvalue weighted by molar-refractivity contribution is -0.129. The lowest BCUT2D eigenvalue weighted by atomic mass is 9.93. The third kappa shape index (κ3) is 5.06. The molecule has 4 nitrogen and oxygen atoms in total. The molecule has 2 unspecified atom stereocenters. The Hall–Kier alpha value is -0.610. The average Bonchev–Trinajstić information content (AvgIpc) is 3.24. The molecule has 1 amide bonds. The van der Waals surface area contributed by atoms with Gasteiger partial charge >= 0.3 is 0 Å². The summed E-state index contributed by atoms with van der Waals surface area (Å²) in [4.78, 5) is 11.9. The number of hydrogen-bond donors (Lipinski definition) is 2. The number of nitrogens with one attached hydrogen (secondary N) is 1. The first kappa shape index (κ1) is 17.4. The monoisotopic (exact) mass is 284 g/mol. The summed E-state index contributed by atoms with van der Waals surface area (Å²) in [5.41, 5.74) is 5.00. The predicted octanol–water partition coefficient (Wildman–Crippen LogP) is 2.61. The van der Waals surface area contributed by atoms with Crippen LogP contribution in [-0.2, 0) is 9.53 Å². The van der Waals surface area contributed by atoms with Gasteiger partial charge in [-0.05, 0) is 38.6 Å². The fourth-order valence-corrected chi connectivity index (χ4v) is 2.78. The summed E-state index contributed by atoms with van der Waals surface area (Å²) >= 11 is 0. The van der Waals surface area contributed by atoms with Crippen LogP contribution in [-0.4, -0.2) is 30.7 Å². The van der Waals surface area contributed by atoms with Gasteiger partial charge in [-0.25, -0.2) is 0 Å². The summed E-state index contributed by atoms with van der Waals surface area (Å²) in [6.07, 6.45) is 8.41. The number of carbonyl (C=O) groups excluding carboxylic acids is 1. The third-order valence-electron chi connectivity index (χ3n) is 4.27. The van der Waals surface area contributed by atoms with Crippen LogP contribution >= 0.6 is 0 Å². The van der Waals surface area contributed by atoms with Gasteiger partial charge in [0.05, 0.1) is 12.7 Å². The van der Waals surface area contributed by atoms with Crippen molar-refractivity contribution in [3.8, 4) is 0 Å². The van der Waals surface area contributed by atoms with Crippen LogP contribution in [0.25, 0.3) is 0 Å². The summed E-state index contributed by atoms with van der Waals surface area (Å²) in [5.74, 6) is 0.0901. The molecule has 0 radical (unpaired) electrons. The van der Waals surface area contributed by atoms with Crippen molar-refractivity contribution in [3.63, 3.8) is 0 Å². The van der Waals surface area contributed by atoms with Crippen LogP contribution in [0.1, 0.15) is 65.7 Å². The van der Waals surface area contributed by atoms with Gasteiger partial charge < -0.3 is 15.8 Å². The van der Waals surface area contributed by atoms with E-state index in [0.717, 1.165) is 25.8 Å². The van der Waals surface area contributed by atoms with Crippen LogP contribution in [0.2, 0.25) is 0 Å². The molecule has 1 saturated carbocycles. The molecule has 0 aliphatic heterocycles. The molecule has 3 N–H and O–H groups in total. The van der Waals surface area contributed by atoms with Crippen molar-refractivity contribution in [1.29, 1.82) is 0 Å². The SMILES string of the molecule is CCCCCCC(C)OCC(NCC)(C(N)=O)C1CC1. The van der Waals surface area contributed by atoms with Crippen molar-refractivity contribution in [2.75, 3.05) is 13.2 Å². The molecule has 2 atom stereocenters. The first-order valence-electron chi connectivity index (χ1n) is 8.23. The van der Waals surface area contributed by atoms with Crippen molar-refractivity contribution in [2.24, 2.45) is 11.7 Å². The fraction of sp³-hybridized carbons (Fsp3) is 0.938. The molecule has 1 aliphatic rings. The zero-order valence-corrected chi connectivity index (χ0v) is 13.4. The van der Waals surface area contributed by atoms with E-state index in [1.54, 1.807) is 0 Å². The van der Waals surface area contributed by atoms with E-state index in [9.17, 15) is 4.79 Å². The average molecular weight is 284 g/mol. The Labute approximate surface area is 123 Å². The van der Waals surface area contributed by atoms with Crippen LogP contribution in [0.15, 0.2) is 0 Å². The maximum atomic E-state index is 11.9. The Kier molecular flexibility index (Phi) is 7.52. The Morgan fingerprint density at radius 3 is 2.55 bits per heavy atom.